The van der Waals surface area contributed by atoms with Crippen molar-refractivity contribution in [1.82, 2.24) is 4.98 Å². The Labute approximate surface area is 148 Å². The van der Waals surface area contributed by atoms with E-state index in [4.69, 9.17) is 0 Å². The molecule has 0 atom stereocenters. The summed E-state index contributed by atoms with van der Waals surface area (Å²) in [5, 5.41) is 23.0. The Balaban J connectivity index is 1.99. The van der Waals surface area contributed by atoms with Crippen molar-refractivity contribution in [2.75, 3.05) is 0 Å². The minimum absolute atomic E-state index is 0.0365. The smallest absolute Gasteiger partial charge is 0.258 e. The summed E-state index contributed by atoms with van der Waals surface area (Å²) in [6.07, 6.45) is 1.51. The molecule has 0 saturated carbocycles. The summed E-state index contributed by atoms with van der Waals surface area (Å²) in [6, 6.07) is 16.4. The Morgan fingerprint density at radius 2 is 1.96 bits per heavy atom. The fraction of sp³-hybridized carbons (Fsp3) is 0.0526. The van der Waals surface area contributed by atoms with E-state index < -0.39 is 4.92 Å². The van der Waals surface area contributed by atoms with Crippen molar-refractivity contribution in [3.05, 3.63) is 80.2 Å². The monoisotopic (exact) mass is 347 g/mol. The second-order valence-electron chi connectivity index (χ2n) is 5.39. The predicted molar refractivity (Wildman–Crippen MR) is 98.9 cm³/mol. The number of aryl methyl sites for hydroxylation is 1. The van der Waals surface area contributed by atoms with Gasteiger partial charge in [0.05, 0.1) is 21.8 Å². The normalized spacial score (nSPS) is 11.1. The Kier molecular flexibility index (Phi) is 4.68. The number of benzene rings is 2. The molecule has 0 saturated heterocycles. The molecule has 2 aromatic carbocycles. The highest BCUT2D eigenvalue weighted by atomic mass is 32.1. The van der Waals surface area contributed by atoms with Crippen LogP contribution in [0.4, 0.5) is 5.69 Å². The molecule has 0 unspecified atom stereocenters. The summed E-state index contributed by atoms with van der Waals surface area (Å²) >= 11 is 1.34. The first-order valence-electron chi connectivity index (χ1n) is 7.46. The van der Waals surface area contributed by atoms with E-state index in [-0.39, 0.29) is 5.69 Å². The number of hydrogen-bond acceptors (Lipinski definition) is 5. The molecular formula is C19H13N3O2S. The summed E-state index contributed by atoms with van der Waals surface area (Å²) < 4.78 is 0. The summed E-state index contributed by atoms with van der Waals surface area (Å²) in [4.78, 5) is 15.2. The molecule has 0 fully saturated rings. The predicted octanol–water partition coefficient (Wildman–Crippen LogP) is 5.09. The van der Waals surface area contributed by atoms with Crippen LogP contribution in [0, 0.1) is 28.4 Å². The van der Waals surface area contributed by atoms with Gasteiger partial charge < -0.3 is 0 Å². The van der Waals surface area contributed by atoms with Crippen LogP contribution in [0.3, 0.4) is 0 Å². The van der Waals surface area contributed by atoms with Crippen molar-refractivity contribution >= 4 is 28.7 Å². The van der Waals surface area contributed by atoms with Gasteiger partial charge in [-0.15, -0.1) is 11.3 Å². The van der Waals surface area contributed by atoms with Crippen LogP contribution in [0.5, 0.6) is 0 Å². The number of thiazole rings is 1. The van der Waals surface area contributed by atoms with Gasteiger partial charge in [-0.2, -0.15) is 5.26 Å². The summed E-state index contributed by atoms with van der Waals surface area (Å²) in [5.41, 5.74) is 3.56. The van der Waals surface area contributed by atoms with Gasteiger partial charge in [0.15, 0.2) is 0 Å². The van der Waals surface area contributed by atoms with Gasteiger partial charge in [0, 0.05) is 17.0 Å². The molecule has 0 radical (unpaired) electrons. The third-order valence-corrected chi connectivity index (χ3v) is 4.51. The molecule has 0 aliphatic heterocycles. The van der Waals surface area contributed by atoms with Crippen LogP contribution in [-0.4, -0.2) is 9.91 Å². The van der Waals surface area contributed by atoms with E-state index in [0.29, 0.717) is 16.1 Å². The van der Waals surface area contributed by atoms with Crippen LogP contribution in [0.2, 0.25) is 0 Å². The van der Waals surface area contributed by atoms with Gasteiger partial charge in [-0.3, -0.25) is 10.1 Å². The molecule has 0 aliphatic rings. The number of para-hydroxylation sites is 1. The molecule has 3 rings (SSSR count). The zero-order chi connectivity index (χ0) is 17.8. The average molecular weight is 347 g/mol. The largest absolute Gasteiger partial charge is 0.276 e. The number of nitro benzene ring substituents is 1. The number of allylic oxidation sites excluding steroid dienone is 1. The second-order valence-corrected chi connectivity index (χ2v) is 6.25. The number of aromatic nitrogens is 1. The number of rotatable bonds is 4. The van der Waals surface area contributed by atoms with Crippen molar-refractivity contribution in [2.45, 2.75) is 6.92 Å². The summed E-state index contributed by atoms with van der Waals surface area (Å²) in [6.45, 7) is 2.01. The van der Waals surface area contributed by atoms with Crippen molar-refractivity contribution in [2.24, 2.45) is 0 Å². The van der Waals surface area contributed by atoms with Crippen molar-refractivity contribution in [3.63, 3.8) is 0 Å². The average Bonchev–Trinajstić information content (AvgIpc) is 3.10. The Hall–Kier alpha value is -3.30. The highest BCUT2D eigenvalue weighted by Gasteiger charge is 2.14. The maximum Gasteiger partial charge on any atom is 0.276 e. The number of nitriles is 1. The van der Waals surface area contributed by atoms with Crippen LogP contribution in [0.1, 0.15) is 16.1 Å². The molecule has 0 aliphatic carbocycles. The van der Waals surface area contributed by atoms with E-state index in [1.165, 1.54) is 23.5 Å². The lowest BCUT2D eigenvalue weighted by Gasteiger charge is -1.99. The Morgan fingerprint density at radius 1 is 1.24 bits per heavy atom. The Bertz CT molecular complexity index is 998. The first-order valence-corrected chi connectivity index (χ1v) is 8.34. The second kappa shape index (κ2) is 7.07. The fourth-order valence-electron chi connectivity index (χ4n) is 2.33. The van der Waals surface area contributed by atoms with Crippen LogP contribution >= 0.6 is 11.3 Å². The lowest BCUT2D eigenvalue weighted by molar-refractivity contribution is -0.385. The van der Waals surface area contributed by atoms with Crippen molar-refractivity contribution in [1.29, 1.82) is 5.26 Å². The highest BCUT2D eigenvalue weighted by molar-refractivity contribution is 7.11. The molecular weight excluding hydrogens is 334 g/mol. The van der Waals surface area contributed by atoms with E-state index in [0.717, 1.165) is 16.8 Å². The zero-order valence-corrected chi connectivity index (χ0v) is 14.2. The molecule has 0 N–H and O–H groups in total. The fourth-order valence-corrected chi connectivity index (χ4v) is 3.12. The first kappa shape index (κ1) is 16.6. The molecule has 3 aromatic rings. The van der Waals surface area contributed by atoms with Crippen LogP contribution < -0.4 is 0 Å². The van der Waals surface area contributed by atoms with Gasteiger partial charge in [-0.1, -0.05) is 42.0 Å². The third-order valence-electron chi connectivity index (χ3n) is 3.64. The van der Waals surface area contributed by atoms with E-state index in [2.05, 4.69) is 11.1 Å². The molecule has 1 heterocycles. The molecule has 5 nitrogen and oxygen atoms in total. The van der Waals surface area contributed by atoms with Crippen LogP contribution in [-0.2, 0) is 0 Å². The maximum absolute atomic E-state index is 11.1. The molecule has 0 spiro atoms. The zero-order valence-electron chi connectivity index (χ0n) is 13.3. The highest BCUT2D eigenvalue weighted by Crippen LogP contribution is 2.29. The van der Waals surface area contributed by atoms with Gasteiger partial charge in [-0.05, 0) is 19.1 Å². The molecule has 25 heavy (non-hydrogen) atoms. The molecule has 122 valence electrons. The summed E-state index contributed by atoms with van der Waals surface area (Å²) in [5.74, 6) is 0. The van der Waals surface area contributed by atoms with Gasteiger partial charge >= 0.3 is 0 Å². The lowest BCUT2D eigenvalue weighted by Crippen LogP contribution is -1.91. The first-order chi connectivity index (χ1) is 12.1. The van der Waals surface area contributed by atoms with Gasteiger partial charge in [-0.25, -0.2) is 4.98 Å². The van der Waals surface area contributed by atoms with Crippen molar-refractivity contribution < 1.29 is 4.92 Å². The molecule has 6 heteroatoms. The van der Waals surface area contributed by atoms with Gasteiger partial charge in [0.1, 0.15) is 11.1 Å². The standard InChI is InChI=1S/C19H13N3O2S/c1-13-6-8-14(9-7-13)17-12-25-19(21-17)16(11-20)10-15-4-2-3-5-18(15)22(23)24/h2-10,12H,1H3. The number of nitro groups is 1. The molecule has 1 aromatic heterocycles. The minimum atomic E-state index is -0.458. The third kappa shape index (κ3) is 3.62. The van der Waals surface area contributed by atoms with Gasteiger partial charge in [0.2, 0.25) is 0 Å². The number of nitrogens with zero attached hydrogens (tertiary/aromatic N) is 3. The van der Waals surface area contributed by atoms with Crippen LogP contribution in [0.15, 0.2) is 53.9 Å². The maximum atomic E-state index is 11.1. The topological polar surface area (TPSA) is 79.8 Å². The molecule has 0 amide bonds. The lowest BCUT2D eigenvalue weighted by atomic mass is 10.1. The van der Waals surface area contributed by atoms with E-state index >= 15 is 0 Å². The quantitative estimate of drug-likeness (QED) is 0.374. The van der Waals surface area contributed by atoms with Crippen LogP contribution in [0.25, 0.3) is 22.9 Å². The SMILES string of the molecule is Cc1ccc(-c2csc(C(C#N)=Cc3ccccc3[N+](=O)[O-])n2)cc1. The van der Waals surface area contributed by atoms with E-state index in [1.807, 2.05) is 36.6 Å². The van der Waals surface area contributed by atoms with E-state index in [9.17, 15) is 15.4 Å². The Morgan fingerprint density at radius 3 is 2.64 bits per heavy atom. The molecule has 0 bridgehead atoms. The van der Waals surface area contributed by atoms with Gasteiger partial charge in [0.25, 0.3) is 5.69 Å². The van der Waals surface area contributed by atoms with E-state index in [1.54, 1.807) is 18.2 Å². The number of hydrogen-bond donors (Lipinski definition) is 0. The summed E-state index contributed by atoms with van der Waals surface area (Å²) in [7, 11) is 0. The minimum Gasteiger partial charge on any atom is -0.258 e. The van der Waals surface area contributed by atoms with Crippen molar-refractivity contribution in [3.8, 4) is 17.3 Å².